The molecule has 0 bridgehead atoms. The first kappa shape index (κ1) is 18.8. The molecule has 4 rings (SSSR count). The number of piperazine rings is 1. The van der Waals surface area contributed by atoms with Crippen molar-refractivity contribution in [2.45, 2.75) is 37.3 Å². The summed E-state index contributed by atoms with van der Waals surface area (Å²) >= 11 is 0. The number of ether oxygens (including phenoxy) is 1. The molecule has 1 aromatic rings. The van der Waals surface area contributed by atoms with Crippen LogP contribution < -0.4 is 0 Å². The molecular formula is C21H30FN3O2. The van der Waals surface area contributed by atoms with Crippen molar-refractivity contribution in [2.75, 3.05) is 52.9 Å². The molecule has 3 heterocycles. The summed E-state index contributed by atoms with van der Waals surface area (Å²) < 4.78 is 19.4. The number of carbonyl (C=O) groups is 1. The summed E-state index contributed by atoms with van der Waals surface area (Å²) in [5, 5.41) is 0. The zero-order valence-electron chi connectivity index (χ0n) is 16.2. The Morgan fingerprint density at radius 2 is 1.74 bits per heavy atom. The molecule has 6 heteroatoms. The Bertz CT molecular complexity index is 650. The van der Waals surface area contributed by atoms with E-state index in [9.17, 15) is 9.18 Å². The lowest BCUT2D eigenvalue weighted by atomic mass is 9.81. The first-order chi connectivity index (χ1) is 13.0. The highest BCUT2D eigenvalue weighted by atomic mass is 19.1. The maximum Gasteiger partial charge on any atom is 0.253 e. The van der Waals surface area contributed by atoms with E-state index in [4.69, 9.17) is 4.74 Å². The molecule has 148 valence electrons. The van der Waals surface area contributed by atoms with E-state index in [-0.39, 0.29) is 17.3 Å². The number of rotatable bonds is 2. The third-order valence-corrected chi connectivity index (χ3v) is 6.57. The molecule has 1 aromatic carbocycles. The molecule has 1 atom stereocenters. The Morgan fingerprint density at radius 1 is 1.07 bits per heavy atom. The molecule has 0 aromatic heterocycles. The minimum atomic E-state index is -0.310. The predicted molar refractivity (Wildman–Crippen MR) is 102 cm³/mol. The van der Waals surface area contributed by atoms with Crippen LogP contribution in [-0.4, -0.2) is 85.2 Å². The number of likely N-dealkylation sites (N-methyl/N-ethyl adjacent to an activating group) is 1. The normalized spacial score (nSPS) is 27.0. The van der Waals surface area contributed by atoms with E-state index in [0.717, 1.165) is 58.5 Å². The predicted octanol–water partition coefficient (Wildman–Crippen LogP) is 2.23. The molecule has 0 saturated carbocycles. The third-order valence-electron chi connectivity index (χ3n) is 6.57. The first-order valence-corrected chi connectivity index (χ1v) is 10.2. The molecule has 1 spiro atoms. The summed E-state index contributed by atoms with van der Waals surface area (Å²) in [5.74, 6) is -0.314. The number of amides is 1. The monoisotopic (exact) mass is 375 g/mol. The molecule has 1 amide bonds. The van der Waals surface area contributed by atoms with Gasteiger partial charge in [-0.3, -0.25) is 9.69 Å². The summed E-state index contributed by atoms with van der Waals surface area (Å²) in [5.41, 5.74) is 0.485. The van der Waals surface area contributed by atoms with Crippen molar-refractivity contribution >= 4 is 5.91 Å². The molecule has 3 aliphatic rings. The summed E-state index contributed by atoms with van der Waals surface area (Å²) in [4.78, 5) is 19.6. The van der Waals surface area contributed by atoms with E-state index in [1.165, 1.54) is 12.1 Å². The number of benzene rings is 1. The van der Waals surface area contributed by atoms with Crippen molar-refractivity contribution in [2.24, 2.45) is 0 Å². The summed E-state index contributed by atoms with van der Waals surface area (Å²) in [7, 11) is 2.19. The lowest BCUT2D eigenvalue weighted by molar-refractivity contribution is -0.132. The largest absolute Gasteiger partial charge is 0.375 e. The summed E-state index contributed by atoms with van der Waals surface area (Å²) in [6.45, 7) is 6.83. The van der Waals surface area contributed by atoms with Gasteiger partial charge in [0.1, 0.15) is 5.82 Å². The highest BCUT2D eigenvalue weighted by Gasteiger charge is 2.42. The van der Waals surface area contributed by atoms with E-state index in [0.29, 0.717) is 24.7 Å². The fraction of sp³-hybridized carbons (Fsp3) is 0.667. The van der Waals surface area contributed by atoms with Gasteiger partial charge in [-0.25, -0.2) is 4.39 Å². The van der Waals surface area contributed by atoms with Crippen LogP contribution >= 0.6 is 0 Å². The van der Waals surface area contributed by atoms with Crippen molar-refractivity contribution < 1.29 is 13.9 Å². The van der Waals surface area contributed by atoms with Gasteiger partial charge in [0.2, 0.25) is 0 Å². The van der Waals surface area contributed by atoms with Gasteiger partial charge in [0, 0.05) is 57.5 Å². The summed E-state index contributed by atoms with van der Waals surface area (Å²) in [6, 6.07) is 6.45. The van der Waals surface area contributed by atoms with E-state index in [1.807, 2.05) is 4.90 Å². The maximum absolute atomic E-state index is 13.1. The smallest absolute Gasteiger partial charge is 0.253 e. The number of halogens is 1. The highest BCUT2D eigenvalue weighted by molar-refractivity contribution is 5.94. The van der Waals surface area contributed by atoms with Gasteiger partial charge in [0.25, 0.3) is 5.91 Å². The highest BCUT2D eigenvalue weighted by Crippen LogP contribution is 2.37. The van der Waals surface area contributed by atoms with Crippen LogP contribution in [-0.2, 0) is 4.74 Å². The number of likely N-dealkylation sites (tertiary alicyclic amines) is 1. The Balaban J connectivity index is 1.34. The van der Waals surface area contributed by atoms with Crippen LogP contribution in [0.3, 0.4) is 0 Å². The average Bonchev–Trinajstić information content (AvgIpc) is 2.69. The molecule has 5 nitrogen and oxygen atoms in total. The van der Waals surface area contributed by atoms with Crippen LogP contribution in [0.1, 0.15) is 36.0 Å². The number of hydrogen-bond acceptors (Lipinski definition) is 4. The maximum atomic E-state index is 13.1. The van der Waals surface area contributed by atoms with Gasteiger partial charge >= 0.3 is 0 Å². The average molecular weight is 375 g/mol. The van der Waals surface area contributed by atoms with E-state index >= 15 is 0 Å². The Morgan fingerprint density at radius 3 is 2.41 bits per heavy atom. The fourth-order valence-electron chi connectivity index (χ4n) is 4.74. The second-order valence-electron chi connectivity index (χ2n) is 8.32. The van der Waals surface area contributed by atoms with Crippen molar-refractivity contribution in [3.05, 3.63) is 35.6 Å². The molecule has 3 fully saturated rings. The number of hydrogen-bond donors (Lipinski definition) is 0. The van der Waals surface area contributed by atoms with Crippen molar-refractivity contribution in [3.8, 4) is 0 Å². The van der Waals surface area contributed by atoms with Crippen LogP contribution in [0.5, 0.6) is 0 Å². The molecule has 1 unspecified atom stereocenters. The zero-order chi connectivity index (χ0) is 18.9. The Labute approximate surface area is 161 Å². The van der Waals surface area contributed by atoms with Gasteiger partial charge in [0.15, 0.2) is 0 Å². The van der Waals surface area contributed by atoms with E-state index < -0.39 is 0 Å². The van der Waals surface area contributed by atoms with Gasteiger partial charge in [-0.05, 0) is 57.0 Å². The molecule has 0 aliphatic carbocycles. The minimum absolute atomic E-state index is 0.00345. The quantitative estimate of drug-likeness (QED) is 0.794. The Kier molecular flexibility index (Phi) is 5.48. The van der Waals surface area contributed by atoms with Gasteiger partial charge in [-0.1, -0.05) is 0 Å². The number of piperidine rings is 1. The van der Waals surface area contributed by atoms with Gasteiger partial charge in [-0.2, -0.15) is 0 Å². The van der Waals surface area contributed by atoms with Crippen molar-refractivity contribution in [1.29, 1.82) is 0 Å². The van der Waals surface area contributed by atoms with Gasteiger partial charge < -0.3 is 14.5 Å². The lowest BCUT2D eigenvalue weighted by Crippen LogP contribution is -2.57. The third kappa shape index (κ3) is 4.18. The molecule has 0 radical (unpaired) electrons. The van der Waals surface area contributed by atoms with Gasteiger partial charge in [0.05, 0.1) is 5.60 Å². The van der Waals surface area contributed by atoms with Crippen LogP contribution in [0.25, 0.3) is 0 Å². The van der Waals surface area contributed by atoms with E-state index in [2.05, 4.69) is 16.8 Å². The molecule has 27 heavy (non-hydrogen) atoms. The van der Waals surface area contributed by atoms with Crippen LogP contribution in [0, 0.1) is 5.82 Å². The van der Waals surface area contributed by atoms with E-state index in [1.54, 1.807) is 12.1 Å². The first-order valence-electron chi connectivity index (χ1n) is 10.2. The van der Waals surface area contributed by atoms with Crippen LogP contribution in [0.2, 0.25) is 0 Å². The number of nitrogens with zero attached hydrogens (tertiary/aromatic N) is 3. The molecule has 3 aliphatic heterocycles. The molecule has 0 N–H and O–H groups in total. The van der Waals surface area contributed by atoms with Crippen molar-refractivity contribution in [1.82, 2.24) is 14.7 Å². The standard InChI is InChI=1S/C21H30FN3O2/c1-23-11-13-24(14-12-23)19-6-15-27-21(16-19)7-9-25(10-8-21)20(26)17-2-4-18(22)5-3-17/h2-5,19H,6-16H2,1H3. The fourth-order valence-corrected chi connectivity index (χ4v) is 4.74. The molecule has 3 saturated heterocycles. The minimum Gasteiger partial charge on any atom is -0.375 e. The zero-order valence-corrected chi connectivity index (χ0v) is 16.2. The number of carbonyl (C=O) groups excluding carboxylic acids is 1. The Hall–Kier alpha value is -1.50. The molecular weight excluding hydrogens is 345 g/mol. The summed E-state index contributed by atoms with van der Waals surface area (Å²) in [6.07, 6.45) is 3.98. The topological polar surface area (TPSA) is 36.0 Å². The SMILES string of the molecule is CN1CCN(C2CCOC3(CCN(C(=O)c4ccc(F)cc4)CC3)C2)CC1. The van der Waals surface area contributed by atoms with Gasteiger partial charge in [-0.15, -0.1) is 0 Å². The van der Waals surface area contributed by atoms with Crippen molar-refractivity contribution in [3.63, 3.8) is 0 Å². The van der Waals surface area contributed by atoms with Crippen LogP contribution in [0.15, 0.2) is 24.3 Å². The van der Waals surface area contributed by atoms with Crippen LogP contribution in [0.4, 0.5) is 4.39 Å². The lowest BCUT2D eigenvalue weighted by Gasteiger charge is -2.49. The second kappa shape index (κ2) is 7.86. The second-order valence-corrected chi connectivity index (χ2v) is 8.32.